The second-order valence-corrected chi connectivity index (χ2v) is 33.4. The van der Waals surface area contributed by atoms with E-state index in [1.807, 2.05) is 121 Å². The SMILES string of the molecule is CN(C)CC1CC(Cc2ccc(F)cc2)CCC1(O)Cc1cccc(F)c1.CN(C)CC1CC(Cc2ccc(F)cc2)CCC1(O)c1ccc(F)c(Cl)c1.COc1ccccc1C1(O)CCC(Cc2ccc(F)cc2)CC1CN(C)C.Cc1ccccc1CC1(O)CCC(Cc2ccc(F)cc2)CC1CN(C)C. The summed E-state index contributed by atoms with van der Waals surface area (Å²) in [5.74, 6) is 1.59. The summed E-state index contributed by atoms with van der Waals surface area (Å²) < 4.78 is 85.3. The lowest BCUT2D eigenvalue weighted by molar-refractivity contribution is -0.0765. The minimum Gasteiger partial charge on any atom is -0.496 e. The summed E-state index contributed by atoms with van der Waals surface area (Å²) in [7, 11) is 17.9. The average Bonchev–Trinajstić information content (AvgIpc) is 0.773. The molecule has 16 heteroatoms. The number of rotatable bonds is 23. The van der Waals surface area contributed by atoms with Crippen LogP contribution in [-0.2, 0) is 49.7 Å². The summed E-state index contributed by atoms with van der Waals surface area (Å²) in [5.41, 5.74) is 6.12. The Morgan fingerprint density at radius 1 is 0.389 bits per heavy atom. The molecule has 8 aromatic rings. The minimum absolute atomic E-state index is 0.00762. The Labute approximate surface area is 645 Å². The fraction of sp³-hybridized carbons (Fsp3) is 0.478. The average molecular weight is 1510 g/mol. The molecule has 0 amide bonds. The molecule has 4 N–H and O–H groups in total. The first-order valence-corrected chi connectivity index (χ1v) is 39.1. The number of hydrogen-bond donors (Lipinski definition) is 4. The number of nitrogens with zero attached hydrogens (tertiary/aromatic N) is 4. The van der Waals surface area contributed by atoms with E-state index in [2.05, 4.69) is 64.9 Å². The summed E-state index contributed by atoms with van der Waals surface area (Å²) in [4.78, 5) is 8.52. The Morgan fingerprint density at radius 2 is 0.769 bits per heavy atom. The highest BCUT2D eigenvalue weighted by molar-refractivity contribution is 6.30. The molecule has 0 bridgehead atoms. The number of aliphatic hydroxyl groups is 4. The quantitative estimate of drug-likeness (QED) is 0.0466. The molecule has 12 unspecified atom stereocenters. The molecule has 4 saturated carbocycles. The lowest BCUT2D eigenvalue weighted by Gasteiger charge is -2.45. The van der Waals surface area contributed by atoms with E-state index in [1.165, 1.54) is 71.3 Å². The van der Waals surface area contributed by atoms with Gasteiger partial charge in [-0.05, 0) is 313 Å². The van der Waals surface area contributed by atoms with Gasteiger partial charge in [-0.3, -0.25) is 0 Å². The molecule has 0 aliphatic heterocycles. The van der Waals surface area contributed by atoms with Gasteiger partial charge in [-0.2, -0.15) is 0 Å². The van der Waals surface area contributed by atoms with Crippen LogP contribution in [-0.4, -0.2) is 141 Å². The van der Waals surface area contributed by atoms with Gasteiger partial charge in [-0.1, -0.05) is 121 Å². The minimum atomic E-state index is -1.03. The number of ether oxygens (including phenoxy) is 1. The second-order valence-electron chi connectivity index (χ2n) is 33.0. The van der Waals surface area contributed by atoms with Crippen molar-refractivity contribution in [2.45, 2.75) is 145 Å². The van der Waals surface area contributed by atoms with Gasteiger partial charge in [-0.25, -0.2) is 26.3 Å². The van der Waals surface area contributed by atoms with E-state index in [0.717, 1.165) is 150 Å². The molecule has 584 valence electrons. The zero-order chi connectivity index (χ0) is 77.9. The van der Waals surface area contributed by atoms with Crippen LogP contribution < -0.4 is 4.74 Å². The Bertz CT molecular complexity index is 4060. The molecule has 8 aromatic carbocycles. The van der Waals surface area contributed by atoms with Crippen molar-refractivity contribution in [2.24, 2.45) is 47.3 Å². The predicted octanol–water partition coefficient (Wildman–Crippen LogP) is 18.4. The van der Waals surface area contributed by atoms with Crippen molar-refractivity contribution < 1.29 is 51.5 Å². The first kappa shape index (κ1) is 85.1. The third-order valence-electron chi connectivity index (χ3n) is 23.4. The van der Waals surface area contributed by atoms with Gasteiger partial charge in [0.15, 0.2) is 0 Å². The van der Waals surface area contributed by atoms with Crippen molar-refractivity contribution in [3.05, 3.63) is 278 Å². The summed E-state index contributed by atoms with van der Waals surface area (Å²) in [6.07, 6.45) is 15.1. The van der Waals surface area contributed by atoms with Crippen LogP contribution in [0.2, 0.25) is 5.02 Å². The topological polar surface area (TPSA) is 103 Å². The standard InChI is InChI=1S/C24H32FNO.C23H29F2NO.C23H30FNO2.C22H26ClF2NO/c1-18-6-4-5-7-21(18)16-24(27)13-12-20(15-22(24)17-26(2)3)14-19-8-10-23(25)11-9-19;1-26(2)16-20-13-18(12-17-6-8-21(24)9-7-17)10-11-23(20,27)15-19-4-3-5-22(25)14-19;1-25(2)16-19-15-18(14-17-8-10-20(24)11-9-17)12-13-23(19,26)21-6-4-5-7-22(21)27-3;1-26(2)14-18-12-16(11-15-3-6-19(24)7-4-15)9-10-22(18,27)17-5-8-21(25)20(23)13-17/h4-11,20,22,27H,12-17H2,1-3H3;3-9,14,18,20,27H,10-13,15-16H2,1-2H3;4-11,18-19,26H,12-16H2,1-3H3;3-8,13,16,18,27H,9-12,14H2,1-2H3. The Morgan fingerprint density at radius 3 is 1.19 bits per heavy atom. The van der Waals surface area contributed by atoms with Gasteiger partial charge in [0.25, 0.3) is 0 Å². The highest BCUT2D eigenvalue weighted by Crippen LogP contribution is 2.50. The third kappa shape index (κ3) is 24.3. The number of halogens is 7. The van der Waals surface area contributed by atoms with Crippen LogP contribution in [0.15, 0.2) is 188 Å². The molecule has 0 saturated heterocycles. The maximum absolute atomic E-state index is 13.6. The molecule has 12 atom stereocenters. The smallest absolute Gasteiger partial charge is 0.141 e. The summed E-state index contributed by atoms with van der Waals surface area (Å²) in [5, 5.41) is 46.3. The maximum atomic E-state index is 13.6. The van der Waals surface area contributed by atoms with Crippen molar-refractivity contribution in [3.63, 3.8) is 0 Å². The van der Waals surface area contributed by atoms with E-state index in [1.54, 1.807) is 37.4 Å². The van der Waals surface area contributed by atoms with Gasteiger partial charge in [0.2, 0.25) is 0 Å². The highest BCUT2D eigenvalue weighted by atomic mass is 35.5. The molecular weight excluding hydrogens is 1390 g/mol. The van der Waals surface area contributed by atoms with Gasteiger partial charge >= 0.3 is 0 Å². The van der Waals surface area contributed by atoms with Crippen LogP contribution in [0.25, 0.3) is 0 Å². The summed E-state index contributed by atoms with van der Waals surface area (Å²) in [6.45, 7) is 5.35. The predicted molar refractivity (Wildman–Crippen MR) is 425 cm³/mol. The second kappa shape index (κ2) is 39.3. The van der Waals surface area contributed by atoms with Crippen LogP contribution >= 0.6 is 11.6 Å². The molecule has 4 fully saturated rings. The number of benzene rings is 8. The first-order valence-electron chi connectivity index (χ1n) is 38.7. The molecule has 12 rings (SSSR count). The zero-order valence-corrected chi connectivity index (χ0v) is 66.0. The lowest BCUT2D eigenvalue weighted by Crippen LogP contribution is -2.49. The highest BCUT2D eigenvalue weighted by Gasteiger charge is 2.47. The molecule has 108 heavy (non-hydrogen) atoms. The number of aryl methyl sites for hydroxylation is 1. The van der Waals surface area contributed by atoms with Crippen molar-refractivity contribution in [3.8, 4) is 5.75 Å². The van der Waals surface area contributed by atoms with Gasteiger partial charge in [0.1, 0.15) is 40.7 Å². The summed E-state index contributed by atoms with van der Waals surface area (Å²) >= 11 is 5.97. The molecule has 0 radical (unpaired) electrons. The van der Waals surface area contributed by atoms with Crippen LogP contribution in [0.4, 0.5) is 26.3 Å². The fourth-order valence-electron chi connectivity index (χ4n) is 17.8. The third-order valence-corrected chi connectivity index (χ3v) is 23.7. The van der Waals surface area contributed by atoms with E-state index < -0.39 is 28.2 Å². The van der Waals surface area contributed by atoms with E-state index in [-0.39, 0.29) is 57.8 Å². The summed E-state index contributed by atoms with van der Waals surface area (Å²) in [6, 6.07) is 54.3. The van der Waals surface area contributed by atoms with Crippen molar-refractivity contribution in [1.82, 2.24) is 19.6 Å². The van der Waals surface area contributed by atoms with E-state index in [4.69, 9.17) is 16.3 Å². The number of hydrogen-bond acceptors (Lipinski definition) is 9. The van der Waals surface area contributed by atoms with Crippen molar-refractivity contribution in [1.29, 1.82) is 0 Å². The van der Waals surface area contributed by atoms with E-state index in [0.29, 0.717) is 54.9 Å². The molecule has 0 heterocycles. The Balaban J connectivity index is 0.000000166. The monoisotopic (exact) mass is 1510 g/mol. The van der Waals surface area contributed by atoms with Crippen molar-refractivity contribution >= 4 is 11.6 Å². The lowest BCUT2D eigenvalue weighted by atomic mass is 9.66. The Hall–Kier alpha value is -6.89. The van der Waals surface area contributed by atoms with Crippen LogP contribution in [0.3, 0.4) is 0 Å². The van der Waals surface area contributed by atoms with Crippen LogP contribution in [0.1, 0.15) is 127 Å². The van der Waals surface area contributed by atoms with Crippen LogP contribution in [0.5, 0.6) is 5.75 Å². The van der Waals surface area contributed by atoms with Crippen LogP contribution in [0, 0.1) is 89.2 Å². The molecule has 4 aliphatic carbocycles. The molecule has 4 aliphatic rings. The van der Waals surface area contributed by atoms with Crippen molar-refractivity contribution in [2.75, 3.05) is 89.7 Å². The first-order chi connectivity index (χ1) is 51.4. The molecule has 9 nitrogen and oxygen atoms in total. The largest absolute Gasteiger partial charge is 0.496 e. The van der Waals surface area contributed by atoms with E-state index in [9.17, 15) is 46.8 Å². The van der Waals surface area contributed by atoms with Gasteiger partial charge < -0.3 is 44.8 Å². The van der Waals surface area contributed by atoms with Gasteiger partial charge in [0.05, 0.1) is 34.5 Å². The fourth-order valence-corrected chi connectivity index (χ4v) is 18.0. The van der Waals surface area contributed by atoms with Gasteiger partial charge in [0, 0.05) is 68.3 Å². The zero-order valence-electron chi connectivity index (χ0n) is 65.2. The number of methoxy groups -OCH3 is 1. The maximum Gasteiger partial charge on any atom is 0.141 e. The normalized spacial score (nSPS) is 25.7. The number of para-hydroxylation sites is 1. The van der Waals surface area contributed by atoms with Gasteiger partial charge in [-0.15, -0.1) is 0 Å². The molecule has 0 aromatic heterocycles. The Kier molecular flexibility index (Phi) is 31.0. The van der Waals surface area contributed by atoms with E-state index >= 15 is 0 Å². The molecular formula is C92H117ClF6N4O5. The molecule has 0 spiro atoms.